The smallest absolute Gasteiger partial charge is 0.187 e. The molecular weight excluding hydrogens is 354 g/mol. The van der Waals surface area contributed by atoms with Crippen molar-refractivity contribution in [2.24, 2.45) is 5.41 Å². The van der Waals surface area contributed by atoms with E-state index in [9.17, 15) is 5.11 Å². The van der Waals surface area contributed by atoms with Crippen molar-refractivity contribution >= 4 is 28.1 Å². The van der Waals surface area contributed by atoms with Gasteiger partial charge < -0.3 is 10.0 Å². The average Bonchev–Trinajstić information content (AvgIpc) is 3.24. The second kappa shape index (κ2) is 8.38. The highest BCUT2D eigenvalue weighted by Crippen LogP contribution is 2.37. The Bertz CT molecular complexity index is 608. The molecule has 1 aromatic rings. The SMILES string of the molecule is CC(C)=CCC1(CO)CCCN(Cc2sc(N3CCCC3)nc2Cl)C1. The predicted octanol–water partition coefficient (Wildman–Crippen LogP) is 4.33. The Kier molecular flexibility index (Phi) is 6.42. The first-order valence-electron chi connectivity index (χ1n) is 9.38. The Hall–Kier alpha value is -0.620. The van der Waals surface area contributed by atoms with Gasteiger partial charge in [0.1, 0.15) is 5.15 Å². The van der Waals surface area contributed by atoms with Crippen molar-refractivity contribution in [2.45, 2.75) is 52.5 Å². The van der Waals surface area contributed by atoms with Gasteiger partial charge in [0.2, 0.25) is 0 Å². The summed E-state index contributed by atoms with van der Waals surface area (Å²) >= 11 is 8.18. The number of aliphatic hydroxyl groups is 1. The third kappa shape index (κ3) is 4.76. The molecule has 2 aliphatic heterocycles. The van der Waals surface area contributed by atoms with Gasteiger partial charge >= 0.3 is 0 Å². The quantitative estimate of drug-likeness (QED) is 0.742. The molecule has 140 valence electrons. The Labute approximate surface area is 160 Å². The molecule has 0 radical (unpaired) electrons. The molecule has 1 aromatic heterocycles. The van der Waals surface area contributed by atoms with E-state index in [0.29, 0.717) is 5.15 Å². The van der Waals surface area contributed by atoms with Crippen LogP contribution in [-0.2, 0) is 6.54 Å². The summed E-state index contributed by atoms with van der Waals surface area (Å²) in [4.78, 5) is 10.6. The van der Waals surface area contributed by atoms with Gasteiger partial charge in [-0.05, 0) is 52.5 Å². The first kappa shape index (κ1) is 19.2. The van der Waals surface area contributed by atoms with Gasteiger partial charge in [-0.1, -0.05) is 34.6 Å². The van der Waals surface area contributed by atoms with E-state index < -0.39 is 0 Å². The maximum absolute atomic E-state index is 10.0. The molecule has 6 heteroatoms. The number of likely N-dealkylation sites (tertiary alicyclic amines) is 1. The van der Waals surface area contributed by atoms with Crippen molar-refractivity contribution in [3.63, 3.8) is 0 Å². The van der Waals surface area contributed by atoms with Gasteiger partial charge in [-0.2, -0.15) is 0 Å². The van der Waals surface area contributed by atoms with Crippen LogP contribution in [-0.4, -0.2) is 47.8 Å². The normalized spacial score (nSPS) is 24.7. The van der Waals surface area contributed by atoms with Crippen LogP contribution in [0.25, 0.3) is 0 Å². The van der Waals surface area contributed by atoms with Gasteiger partial charge in [-0.15, -0.1) is 0 Å². The molecule has 0 saturated carbocycles. The maximum atomic E-state index is 10.0. The van der Waals surface area contributed by atoms with E-state index in [1.54, 1.807) is 11.3 Å². The fourth-order valence-corrected chi connectivity index (χ4v) is 5.24. The van der Waals surface area contributed by atoms with Crippen LogP contribution in [0.2, 0.25) is 5.15 Å². The second-order valence-electron chi connectivity index (χ2n) is 7.86. The molecule has 1 atom stereocenters. The molecule has 0 aromatic carbocycles. The third-order valence-electron chi connectivity index (χ3n) is 5.40. The highest BCUT2D eigenvalue weighted by molar-refractivity contribution is 7.16. The van der Waals surface area contributed by atoms with Gasteiger partial charge in [-0.25, -0.2) is 4.98 Å². The molecule has 3 heterocycles. The lowest BCUT2D eigenvalue weighted by Gasteiger charge is -2.41. The average molecular weight is 384 g/mol. The minimum atomic E-state index is -0.00946. The van der Waals surface area contributed by atoms with E-state index in [-0.39, 0.29) is 12.0 Å². The minimum Gasteiger partial charge on any atom is -0.396 e. The number of thiazole rings is 1. The van der Waals surface area contributed by atoms with Gasteiger partial charge in [0.25, 0.3) is 0 Å². The number of rotatable bonds is 6. The summed E-state index contributed by atoms with van der Waals surface area (Å²) in [5.74, 6) is 0. The van der Waals surface area contributed by atoms with E-state index >= 15 is 0 Å². The highest BCUT2D eigenvalue weighted by Gasteiger charge is 2.34. The van der Waals surface area contributed by atoms with Crippen LogP contribution in [0.15, 0.2) is 11.6 Å². The van der Waals surface area contributed by atoms with Crippen LogP contribution in [0.1, 0.15) is 50.8 Å². The summed E-state index contributed by atoms with van der Waals surface area (Å²) < 4.78 is 0. The molecular formula is C19H30ClN3OS. The van der Waals surface area contributed by atoms with Crippen molar-refractivity contribution in [1.29, 1.82) is 0 Å². The number of aromatic nitrogens is 1. The molecule has 0 aliphatic carbocycles. The largest absolute Gasteiger partial charge is 0.396 e. The molecule has 3 rings (SSSR count). The molecule has 0 spiro atoms. The molecule has 0 bridgehead atoms. The Morgan fingerprint density at radius 2 is 2.04 bits per heavy atom. The molecule has 25 heavy (non-hydrogen) atoms. The summed E-state index contributed by atoms with van der Waals surface area (Å²) in [6, 6.07) is 0. The second-order valence-corrected chi connectivity index (χ2v) is 9.28. The molecule has 2 aliphatic rings. The predicted molar refractivity (Wildman–Crippen MR) is 107 cm³/mol. The fraction of sp³-hybridized carbons (Fsp3) is 0.737. The van der Waals surface area contributed by atoms with E-state index in [0.717, 1.165) is 57.1 Å². The number of hydrogen-bond donors (Lipinski definition) is 1. The van der Waals surface area contributed by atoms with E-state index in [2.05, 4.69) is 34.7 Å². The molecule has 1 N–H and O–H groups in total. The first-order chi connectivity index (χ1) is 12.0. The summed E-state index contributed by atoms with van der Waals surface area (Å²) in [6.07, 6.45) is 7.96. The number of piperidine rings is 1. The Morgan fingerprint density at radius 3 is 2.72 bits per heavy atom. The maximum Gasteiger partial charge on any atom is 0.187 e. The molecule has 1 unspecified atom stereocenters. The topological polar surface area (TPSA) is 39.6 Å². The van der Waals surface area contributed by atoms with Gasteiger partial charge in [0.15, 0.2) is 5.13 Å². The zero-order chi connectivity index (χ0) is 17.9. The van der Waals surface area contributed by atoms with E-state index in [4.69, 9.17) is 11.6 Å². The summed E-state index contributed by atoms with van der Waals surface area (Å²) in [5, 5.41) is 11.8. The lowest BCUT2D eigenvalue weighted by molar-refractivity contribution is 0.0311. The highest BCUT2D eigenvalue weighted by atomic mass is 35.5. The lowest BCUT2D eigenvalue weighted by Crippen LogP contribution is -2.44. The van der Waals surface area contributed by atoms with Gasteiger partial charge in [-0.3, -0.25) is 4.90 Å². The molecule has 2 saturated heterocycles. The molecule has 4 nitrogen and oxygen atoms in total. The van der Waals surface area contributed by atoms with Crippen molar-refractivity contribution < 1.29 is 5.11 Å². The van der Waals surface area contributed by atoms with E-state index in [1.165, 1.54) is 23.3 Å². The fourth-order valence-electron chi connectivity index (χ4n) is 3.89. The monoisotopic (exact) mass is 383 g/mol. The summed E-state index contributed by atoms with van der Waals surface area (Å²) in [6.45, 7) is 9.56. The minimum absolute atomic E-state index is 0.00946. The van der Waals surface area contributed by atoms with Crippen LogP contribution in [0.4, 0.5) is 5.13 Å². The zero-order valence-corrected chi connectivity index (χ0v) is 17.0. The van der Waals surface area contributed by atoms with Crippen LogP contribution in [0, 0.1) is 5.41 Å². The van der Waals surface area contributed by atoms with Crippen LogP contribution < -0.4 is 4.90 Å². The number of hydrogen-bond acceptors (Lipinski definition) is 5. The van der Waals surface area contributed by atoms with Crippen molar-refractivity contribution in [1.82, 2.24) is 9.88 Å². The van der Waals surface area contributed by atoms with Gasteiger partial charge in [0.05, 0.1) is 11.5 Å². The van der Waals surface area contributed by atoms with Crippen molar-refractivity contribution in [2.75, 3.05) is 37.7 Å². The number of nitrogens with zero attached hydrogens (tertiary/aromatic N) is 3. The first-order valence-corrected chi connectivity index (χ1v) is 10.6. The number of aliphatic hydroxyl groups excluding tert-OH is 1. The van der Waals surface area contributed by atoms with Crippen molar-refractivity contribution in [3.8, 4) is 0 Å². The van der Waals surface area contributed by atoms with Crippen LogP contribution in [0.3, 0.4) is 0 Å². The number of halogens is 1. The Morgan fingerprint density at radius 1 is 1.28 bits per heavy atom. The number of allylic oxidation sites excluding steroid dienone is 2. The van der Waals surface area contributed by atoms with Crippen LogP contribution >= 0.6 is 22.9 Å². The summed E-state index contributed by atoms with van der Waals surface area (Å²) in [5.41, 5.74) is 1.32. The Balaban J connectivity index is 1.67. The zero-order valence-electron chi connectivity index (χ0n) is 15.4. The standard InChI is InChI=1S/C19H30ClN3OS/c1-15(2)6-8-19(14-24)7-5-9-22(13-19)12-16-17(20)21-18(25-16)23-10-3-4-11-23/h6,24H,3-5,7-14H2,1-2H3. The molecule has 2 fully saturated rings. The lowest BCUT2D eigenvalue weighted by atomic mass is 9.77. The third-order valence-corrected chi connectivity index (χ3v) is 6.93. The summed E-state index contributed by atoms with van der Waals surface area (Å²) in [7, 11) is 0. The molecule has 0 amide bonds. The van der Waals surface area contributed by atoms with Gasteiger partial charge in [0, 0.05) is 31.6 Å². The van der Waals surface area contributed by atoms with Crippen LogP contribution in [0.5, 0.6) is 0 Å². The number of anilines is 1. The van der Waals surface area contributed by atoms with E-state index in [1.807, 2.05) is 0 Å². The van der Waals surface area contributed by atoms with Crippen molar-refractivity contribution in [3.05, 3.63) is 21.7 Å².